The molecule has 2 aliphatic rings. The maximum absolute atomic E-state index is 12.8. The van der Waals surface area contributed by atoms with E-state index in [0.29, 0.717) is 45.2 Å². The molecule has 1 aromatic rings. The molecule has 2 fully saturated rings. The van der Waals surface area contributed by atoms with Crippen LogP contribution in [0.2, 0.25) is 0 Å². The zero-order valence-corrected chi connectivity index (χ0v) is 17.6. The zero-order chi connectivity index (χ0) is 20.9. The van der Waals surface area contributed by atoms with Crippen LogP contribution >= 0.6 is 0 Å². The van der Waals surface area contributed by atoms with Gasteiger partial charge in [-0.1, -0.05) is 30.3 Å². The molecule has 0 atom stereocenters. The van der Waals surface area contributed by atoms with E-state index in [9.17, 15) is 18.5 Å². The van der Waals surface area contributed by atoms with Crippen molar-refractivity contribution in [3.63, 3.8) is 0 Å². The number of benzene rings is 1. The molecular formula is C21H28N4O3S. The van der Waals surface area contributed by atoms with Gasteiger partial charge in [-0.25, -0.2) is 8.42 Å². The number of rotatable bonds is 5. The Balaban J connectivity index is 1.53. The van der Waals surface area contributed by atoms with Crippen molar-refractivity contribution in [2.24, 2.45) is 5.92 Å². The Bertz CT molecular complexity index is 876. The highest BCUT2D eigenvalue weighted by Gasteiger charge is 2.27. The predicted molar refractivity (Wildman–Crippen MR) is 111 cm³/mol. The molecule has 29 heavy (non-hydrogen) atoms. The van der Waals surface area contributed by atoms with E-state index in [4.69, 9.17) is 0 Å². The van der Waals surface area contributed by atoms with Crippen molar-refractivity contribution in [2.75, 3.05) is 45.5 Å². The topological polar surface area (TPSA) is 84.7 Å². The van der Waals surface area contributed by atoms with E-state index in [1.165, 1.54) is 16.1 Å². The average Bonchev–Trinajstić information content (AvgIpc) is 2.72. The van der Waals surface area contributed by atoms with Gasteiger partial charge in [-0.15, -0.1) is 0 Å². The molecule has 3 rings (SSSR count). The fraction of sp³-hybridized carbons (Fsp3) is 0.524. The first-order valence-electron chi connectivity index (χ1n) is 10.0. The van der Waals surface area contributed by atoms with Gasteiger partial charge in [0.2, 0.25) is 10.0 Å². The van der Waals surface area contributed by atoms with Crippen LogP contribution in [0, 0.1) is 17.2 Å². The van der Waals surface area contributed by atoms with Crippen LogP contribution in [0.1, 0.15) is 18.4 Å². The second-order valence-electron chi connectivity index (χ2n) is 7.78. The second-order valence-corrected chi connectivity index (χ2v) is 9.76. The van der Waals surface area contributed by atoms with Gasteiger partial charge in [-0.2, -0.15) is 9.57 Å². The lowest BCUT2D eigenvalue weighted by Gasteiger charge is -2.34. The van der Waals surface area contributed by atoms with Crippen molar-refractivity contribution in [1.29, 1.82) is 5.26 Å². The Morgan fingerprint density at radius 2 is 1.72 bits per heavy atom. The highest BCUT2D eigenvalue weighted by molar-refractivity contribution is 7.88. The van der Waals surface area contributed by atoms with Crippen molar-refractivity contribution in [1.82, 2.24) is 14.1 Å². The third kappa shape index (κ3) is 5.81. The molecule has 0 bridgehead atoms. The average molecular weight is 417 g/mol. The largest absolute Gasteiger partial charge is 0.373 e. The van der Waals surface area contributed by atoms with Crippen LogP contribution in [0.15, 0.2) is 42.1 Å². The quantitative estimate of drug-likeness (QED) is 0.536. The van der Waals surface area contributed by atoms with Crippen LogP contribution in [-0.2, 0) is 21.2 Å². The maximum atomic E-state index is 12.8. The summed E-state index contributed by atoms with van der Waals surface area (Å²) in [5, 5.41) is 9.49. The molecule has 1 amide bonds. The predicted octanol–water partition coefficient (Wildman–Crippen LogP) is 1.45. The Labute approximate surface area is 173 Å². The van der Waals surface area contributed by atoms with Crippen LogP contribution < -0.4 is 0 Å². The number of piperazine rings is 1. The molecule has 2 saturated heterocycles. The number of amides is 1. The Morgan fingerprint density at radius 1 is 1.10 bits per heavy atom. The van der Waals surface area contributed by atoms with E-state index in [2.05, 4.69) is 12.1 Å². The summed E-state index contributed by atoms with van der Waals surface area (Å²) in [4.78, 5) is 16.4. The fourth-order valence-corrected chi connectivity index (χ4v) is 4.76. The van der Waals surface area contributed by atoms with Gasteiger partial charge in [-0.3, -0.25) is 4.79 Å². The number of nitriles is 1. The number of nitrogens with zero attached hydrogens (tertiary/aromatic N) is 4. The highest BCUT2D eigenvalue weighted by atomic mass is 32.2. The standard InChI is InChI=1S/C21H28N4O3S/c1-29(27,28)25-13-11-23(12-14-25)17-20(16-22)21(26)24-9-7-19(8-10-24)15-18-5-3-2-4-6-18/h2-6,17,19H,7-15H2,1H3/b20-17-. The lowest BCUT2D eigenvalue weighted by Crippen LogP contribution is -2.46. The summed E-state index contributed by atoms with van der Waals surface area (Å²) in [6.45, 7) is 3.02. The first-order valence-corrected chi connectivity index (χ1v) is 11.9. The Morgan fingerprint density at radius 3 is 2.28 bits per heavy atom. The molecule has 8 heteroatoms. The Kier molecular flexibility index (Phi) is 6.93. The molecule has 2 heterocycles. The molecule has 2 aliphatic heterocycles. The van der Waals surface area contributed by atoms with E-state index in [1.807, 2.05) is 29.2 Å². The molecule has 0 radical (unpaired) electrons. The van der Waals surface area contributed by atoms with Gasteiger partial charge >= 0.3 is 0 Å². The minimum atomic E-state index is -3.20. The van der Waals surface area contributed by atoms with Crippen LogP contribution in [0.5, 0.6) is 0 Å². The van der Waals surface area contributed by atoms with Crippen molar-refractivity contribution >= 4 is 15.9 Å². The van der Waals surface area contributed by atoms with Crippen molar-refractivity contribution in [2.45, 2.75) is 19.3 Å². The second kappa shape index (κ2) is 9.42. The minimum absolute atomic E-state index is 0.124. The number of carbonyl (C=O) groups is 1. The van der Waals surface area contributed by atoms with Crippen molar-refractivity contribution in [3.8, 4) is 6.07 Å². The molecule has 0 saturated carbocycles. The minimum Gasteiger partial charge on any atom is -0.373 e. The molecule has 1 aromatic carbocycles. The first kappa shape index (κ1) is 21.3. The van der Waals surface area contributed by atoms with Gasteiger partial charge in [0.25, 0.3) is 5.91 Å². The molecule has 0 unspecified atom stereocenters. The zero-order valence-electron chi connectivity index (χ0n) is 16.8. The number of piperidine rings is 1. The SMILES string of the molecule is CS(=O)(=O)N1CCN(/C=C(/C#N)C(=O)N2CCC(Cc3ccccc3)CC2)CC1. The van der Waals surface area contributed by atoms with Gasteiger partial charge in [-0.05, 0) is 30.7 Å². The summed E-state index contributed by atoms with van der Waals surface area (Å²) >= 11 is 0. The van der Waals surface area contributed by atoms with Crippen LogP contribution in [0.4, 0.5) is 0 Å². The maximum Gasteiger partial charge on any atom is 0.266 e. The molecule has 156 valence electrons. The van der Waals surface area contributed by atoms with Crippen LogP contribution in [0.3, 0.4) is 0 Å². The number of hydrogen-bond acceptors (Lipinski definition) is 5. The molecule has 0 aromatic heterocycles. The number of hydrogen-bond donors (Lipinski definition) is 0. The van der Waals surface area contributed by atoms with Crippen molar-refractivity contribution < 1.29 is 13.2 Å². The van der Waals surface area contributed by atoms with Gasteiger partial charge in [0.15, 0.2) is 0 Å². The molecular weight excluding hydrogens is 388 g/mol. The van der Waals surface area contributed by atoms with Gasteiger partial charge in [0, 0.05) is 45.5 Å². The third-order valence-electron chi connectivity index (χ3n) is 5.67. The summed E-state index contributed by atoms with van der Waals surface area (Å²) in [6.07, 6.45) is 5.69. The summed E-state index contributed by atoms with van der Waals surface area (Å²) in [7, 11) is -3.20. The monoisotopic (exact) mass is 416 g/mol. The normalized spacial score (nSPS) is 19.8. The molecule has 7 nitrogen and oxygen atoms in total. The van der Waals surface area contributed by atoms with Gasteiger partial charge in [0.1, 0.15) is 11.6 Å². The van der Waals surface area contributed by atoms with Crippen LogP contribution in [0.25, 0.3) is 0 Å². The fourth-order valence-electron chi connectivity index (χ4n) is 3.94. The summed E-state index contributed by atoms with van der Waals surface area (Å²) in [5.74, 6) is 0.330. The van der Waals surface area contributed by atoms with Gasteiger partial charge < -0.3 is 9.80 Å². The smallest absolute Gasteiger partial charge is 0.266 e. The summed E-state index contributed by atoms with van der Waals surface area (Å²) < 4.78 is 24.6. The van der Waals surface area contributed by atoms with Crippen molar-refractivity contribution in [3.05, 3.63) is 47.7 Å². The Hall–Kier alpha value is -2.37. The third-order valence-corrected chi connectivity index (χ3v) is 6.98. The summed E-state index contributed by atoms with van der Waals surface area (Å²) in [6, 6.07) is 12.4. The lowest BCUT2D eigenvalue weighted by atomic mass is 9.90. The summed E-state index contributed by atoms with van der Waals surface area (Å²) in [5.41, 5.74) is 1.45. The van der Waals surface area contributed by atoms with Gasteiger partial charge in [0.05, 0.1) is 6.26 Å². The van der Waals surface area contributed by atoms with E-state index in [1.54, 1.807) is 11.1 Å². The highest BCUT2D eigenvalue weighted by Crippen LogP contribution is 2.23. The number of sulfonamides is 1. The van der Waals surface area contributed by atoms with E-state index >= 15 is 0 Å². The first-order chi connectivity index (χ1) is 13.9. The number of carbonyl (C=O) groups excluding carboxylic acids is 1. The number of likely N-dealkylation sites (tertiary alicyclic amines) is 1. The lowest BCUT2D eigenvalue weighted by molar-refractivity contribution is -0.128. The van der Waals surface area contributed by atoms with E-state index in [0.717, 1.165) is 19.3 Å². The van der Waals surface area contributed by atoms with E-state index < -0.39 is 10.0 Å². The van der Waals surface area contributed by atoms with Crippen LogP contribution in [-0.4, -0.2) is 74.0 Å². The molecule has 0 spiro atoms. The molecule has 0 N–H and O–H groups in total. The van der Waals surface area contributed by atoms with E-state index in [-0.39, 0.29) is 11.5 Å². The molecule has 0 aliphatic carbocycles.